The summed E-state index contributed by atoms with van der Waals surface area (Å²) >= 11 is 0.821. The average Bonchev–Trinajstić information content (AvgIpc) is 2.72. The molecule has 1 N–H and O–H groups in total. The van der Waals surface area contributed by atoms with Crippen LogP contribution in [0.15, 0.2) is 6.20 Å². The van der Waals surface area contributed by atoms with Gasteiger partial charge < -0.3 is 5.32 Å². The van der Waals surface area contributed by atoms with E-state index < -0.39 is 11.2 Å². The first-order valence-electron chi connectivity index (χ1n) is 6.70. The molecular weight excluding hydrogens is 273 g/mol. The first kappa shape index (κ1) is 14.8. The molecule has 0 saturated heterocycles. The highest BCUT2D eigenvalue weighted by Gasteiger charge is 2.36. The minimum absolute atomic E-state index is 0.226. The van der Waals surface area contributed by atoms with Crippen molar-refractivity contribution in [3.63, 3.8) is 0 Å². The average molecular weight is 292 g/mol. The second-order valence-corrected chi connectivity index (χ2v) is 6.19. The van der Waals surface area contributed by atoms with Crippen LogP contribution >= 0.6 is 11.3 Å². The molecule has 0 amide bonds. The maximum absolute atomic E-state index is 12.6. The van der Waals surface area contributed by atoms with Gasteiger partial charge in [-0.3, -0.25) is 0 Å². The van der Waals surface area contributed by atoms with Crippen LogP contribution in [0.5, 0.6) is 0 Å². The summed E-state index contributed by atoms with van der Waals surface area (Å²) in [5.74, 6) is 0.651. The van der Waals surface area contributed by atoms with Gasteiger partial charge in [-0.1, -0.05) is 19.3 Å². The molecule has 1 aliphatic rings. The lowest BCUT2D eigenvalue weighted by Gasteiger charge is -2.23. The molecule has 0 radical (unpaired) electrons. The monoisotopic (exact) mass is 292 g/mol. The van der Waals surface area contributed by atoms with Gasteiger partial charge in [0.1, 0.15) is 0 Å². The molecule has 1 aromatic heterocycles. The second kappa shape index (κ2) is 6.22. The van der Waals surface area contributed by atoms with E-state index in [2.05, 4.69) is 10.3 Å². The highest BCUT2D eigenvalue weighted by Crippen LogP contribution is 2.41. The first-order chi connectivity index (χ1) is 9.02. The van der Waals surface area contributed by atoms with Crippen LogP contribution in [0.3, 0.4) is 0 Å². The van der Waals surface area contributed by atoms with Crippen molar-refractivity contribution in [3.8, 4) is 0 Å². The van der Waals surface area contributed by atoms with Crippen molar-refractivity contribution >= 4 is 11.3 Å². The highest BCUT2D eigenvalue weighted by atomic mass is 32.1. The summed E-state index contributed by atoms with van der Waals surface area (Å²) in [5.41, 5.74) is 0. The molecule has 1 heterocycles. The van der Waals surface area contributed by atoms with Crippen LogP contribution in [0.2, 0.25) is 0 Å². The number of alkyl halides is 3. The van der Waals surface area contributed by atoms with E-state index in [0.29, 0.717) is 5.92 Å². The largest absolute Gasteiger partial charge is 0.443 e. The topological polar surface area (TPSA) is 24.9 Å². The molecule has 2 nitrogen and oxygen atoms in total. The molecule has 1 fully saturated rings. The maximum atomic E-state index is 12.6. The van der Waals surface area contributed by atoms with Crippen molar-refractivity contribution in [2.75, 3.05) is 13.6 Å². The first-order valence-corrected chi connectivity index (χ1v) is 7.51. The molecule has 0 bridgehead atoms. The number of hydrogen-bond acceptors (Lipinski definition) is 3. The third-order valence-corrected chi connectivity index (χ3v) is 4.93. The Balaban J connectivity index is 2.18. The summed E-state index contributed by atoms with van der Waals surface area (Å²) in [4.78, 5) is 4.36. The number of halogens is 3. The molecule has 6 heteroatoms. The lowest BCUT2D eigenvalue weighted by Crippen LogP contribution is -2.23. The van der Waals surface area contributed by atoms with Crippen LogP contribution in [0.4, 0.5) is 13.2 Å². The van der Waals surface area contributed by atoms with E-state index in [1.165, 1.54) is 19.0 Å². The summed E-state index contributed by atoms with van der Waals surface area (Å²) in [5, 5.41) is 2.45. The molecule has 0 aliphatic heterocycles. The highest BCUT2D eigenvalue weighted by molar-refractivity contribution is 7.11. The Morgan fingerprint density at radius 2 is 2.05 bits per heavy atom. The van der Waals surface area contributed by atoms with Gasteiger partial charge in [-0.05, 0) is 38.3 Å². The zero-order valence-electron chi connectivity index (χ0n) is 11.0. The van der Waals surface area contributed by atoms with Gasteiger partial charge in [0, 0.05) is 11.1 Å². The van der Waals surface area contributed by atoms with Gasteiger partial charge in [0.25, 0.3) is 0 Å². The number of nitrogens with zero attached hydrogens (tertiary/aromatic N) is 1. The lowest BCUT2D eigenvalue weighted by atomic mass is 9.87. The van der Waals surface area contributed by atoms with E-state index in [0.717, 1.165) is 42.0 Å². The van der Waals surface area contributed by atoms with E-state index in [-0.39, 0.29) is 5.92 Å². The fourth-order valence-electron chi connectivity index (χ4n) is 2.85. The van der Waals surface area contributed by atoms with Crippen LogP contribution in [0.1, 0.15) is 47.9 Å². The number of nitrogens with one attached hydrogen (secondary N) is 1. The molecule has 1 saturated carbocycles. The molecule has 1 aromatic rings. The summed E-state index contributed by atoms with van der Waals surface area (Å²) < 4.78 is 37.9. The quantitative estimate of drug-likeness (QED) is 0.850. The third-order valence-electron chi connectivity index (χ3n) is 3.76. The van der Waals surface area contributed by atoms with Gasteiger partial charge in [0.05, 0.1) is 0 Å². The summed E-state index contributed by atoms with van der Waals surface area (Å²) in [7, 11) is 1.90. The van der Waals surface area contributed by atoms with Gasteiger partial charge in [-0.2, -0.15) is 13.2 Å². The Labute approximate surface area is 115 Å². The zero-order valence-corrected chi connectivity index (χ0v) is 11.8. The van der Waals surface area contributed by atoms with E-state index in [9.17, 15) is 13.2 Å². The Morgan fingerprint density at radius 1 is 1.32 bits per heavy atom. The zero-order chi connectivity index (χ0) is 13.9. The summed E-state index contributed by atoms with van der Waals surface area (Å²) in [6.45, 7) is 0.865. The van der Waals surface area contributed by atoms with Crippen LogP contribution in [0.25, 0.3) is 0 Å². The van der Waals surface area contributed by atoms with Gasteiger partial charge in [0.15, 0.2) is 5.01 Å². The van der Waals surface area contributed by atoms with Crippen molar-refractivity contribution in [2.45, 2.75) is 44.2 Å². The van der Waals surface area contributed by atoms with Gasteiger partial charge in [0.2, 0.25) is 0 Å². The molecule has 2 rings (SSSR count). The molecule has 2 unspecified atom stereocenters. The summed E-state index contributed by atoms with van der Waals surface area (Å²) in [6, 6.07) is 0. The molecule has 108 valence electrons. The Kier molecular flexibility index (Phi) is 4.84. The second-order valence-electron chi connectivity index (χ2n) is 5.13. The van der Waals surface area contributed by atoms with Crippen LogP contribution in [0, 0.1) is 5.92 Å². The Morgan fingerprint density at radius 3 is 2.68 bits per heavy atom. The SMILES string of the molecule is CNCC1CCCCCC1c1cnc(C(F)(F)F)s1. The third kappa shape index (κ3) is 3.69. The number of hydrogen-bond donors (Lipinski definition) is 1. The normalized spacial score (nSPS) is 25.3. The van der Waals surface area contributed by atoms with E-state index in [1.54, 1.807) is 0 Å². The minimum atomic E-state index is -4.31. The number of rotatable bonds is 3. The summed E-state index contributed by atoms with van der Waals surface area (Å²) in [6.07, 6.45) is 2.65. The van der Waals surface area contributed by atoms with Crippen molar-refractivity contribution < 1.29 is 13.2 Å². The minimum Gasteiger partial charge on any atom is -0.319 e. The number of aromatic nitrogens is 1. The van der Waals surface area contributed by atoms with Crippen molar-refractivity contribution in [1.82, 2.24) is 10.3 Å². The molecule has 0 spiro atoms. The van der Waals surface area contributed by atoms with Crippen molar-refractivity contribution in [3.05, 3.63) is 16.1 Å². The predicted octanol–water partition coefficient (Wildman–Crippen LogP) is 4.05. The predicted molar refractivity (Wildman–Crippen MR) is 70.4 cm³/mol. The molecule has 19 heavy (non-hydrogen) atoms. The van der Waals surface area contributed by atoms with Crippen LogP contribution in [-0.4, -0.2) is 18.6 Å². The van der Waals surface area contributed by atoms with Gasteiger partial charge in [-0.15, -0.1) is 11.3 Å². The molecule has 1 aliphatic carbocycles. The fourth-order valence-corrected chi connectivity index (χ4v) is 3.87. The molecular formula is C13H19F3N2S. The number of thiazole rings is 1. The Hall–Kier alpha value is -0.620. The van der Waals surface area contributed by atoms with Gasteiger partial charge >= 0.3 is 6.18 Å². The van der Waals surface area contributed by atoms with Crippen LogP contribution in [-0.2, 0) is 6.18 Å². The smallest absolute Gasteiger partial charge is 0.319 e. The van der Waals surface area contributed by atoms with Crippen LogP contribution < -0.4 is 5.32 Å². The van der Waals surface area contributed by atoms with E-state index >= 15 is 0 Å². The van der Waals surface area contributed by atoms with Gasteiger partial charge in [-0.25, -0.2) is 4.98 Å². The maximum Gasteiger partial charge on any atom is 0.443 e. The lowest BCUT2D eigenvalue weighted by molar-refractivity contribution is -0.137. The van der Waals surface area contributed by atoms with Crippen molar-refractivity contribution in [1.29, 1.82) is 0 Å². The van der Waals surface area contributed by atoms with E-state index in [4.69, 9.17) is 0 Å². The standard InChI is InChI=1S/C13H19F3N2S/c1-17-7-9-5-3-2-4-6-10(9)11-8-18-12(19-11)13(14,15)16/h8-10,17H,2-7H2,1H3. The van der Waals surface area contributed by atoms with E-state index in [1.807, 2.05) is 7.05 Å². The molecule has 0 aromatic carbocycles. The fraction of sp³-hybridized carbons (Fsp3) is 0.769. The van der Waals surface area contributed by atoms with Crippen molar-refractivity contribution in [2.24, 2.45) is 5.92 Å². The molecule has 2 atom stereocenters. The Bertz CT molecular complexity index is 403.